The van der Waals surface area contributed by atoms with E-state index < -0.39 is 34.5 Å². The van der Waals surface area contributed by atoms with Crippen molar-refractivity contribution in [2.45, 2.75) is 24.5 Å². The number of carbonyl (C=O) groups excluding carboxylic acids is 1. The number of ether oxygens (including phenoxy) is 1. The van der Waals surface area contributed by atoms with Crippen LogP contribution in [0.5, 0.6) is 17.2 Å². The fourth-order valence-electron chi connectivity index (χ4n) is 4.60. The monoisotopic (exact) mass is 680 g/mol. The maximum absolute atomic E-state index is 12.9. The molecule has 1 aromatic carbocycles. The second-order valence-corrected chi connectivity index (χ2v) is 10.7. The van der Waals surface area contributed by atoms with Crippen LogP contribution in [0.15, 0.2) is 43.0 Å². The number of carbonyl (C=O) groups is 1. The van der Waals surface area contributed by atoms with Crippen molar-refractivity contribution in [3.63, 3.8) is 0 Å². The van der Waals surface area contributed by atoms with Gasteiger partial charge in [-0.1, -0.05) is 5.16 Å². The van der Waals surface area contributed by atoms with E-state index in [1.807, 2.05) is 0 Å². The van der Waals surface area contributed by atoms with E-state index in [2.05, 4.69) is 57.3 Å². The van der Waals surface area contributed by atoms with Crippen molar-refractivity contribution >= 4 is 60.3 Å². The third kappa shape index (κ3) is 4.47. The minimum absolute atomic E-state index is 0.00616. The third-order valence-electron chi connectivity index (χ3n) is 6.55. The highest BCUT2D eigenvalue weighted by atomic mass is 79.9. The van der Waals surface area contributed by atoms with E-state index in [1.54, 1.807) is 6.08 Å². The van der Waals surface area contributed by atoms with Crippen LogP contribution in [-0.4, -0.2) is 72.4 Å². The smallest absolute Gasteiger partial charge is 0.269 e. The minimum atomic E-state index is -1.31. The van der Waals surface area contributed by atoms with E-state index >= 15 is 0 Å². The van der Waals surface area contributed by atoms with Gasteiger partial charge in [-0.15, -0.1) is 0 Å². The molecule has 2 aromatic heterocycles. The number of halogens is 2. The summed E-state index contributed by atoms with van der Waals surface area (Å²) >= 11 is 6.68. The molecule has 16 heteroatoms. The number of aromatic amines is 2. The number of aliphatic hydroxyl groups is 1. The van der Waals surface area contributed by atoms with Crippen LogP contribution >= 0.6 is 31.9 Å². The molecule has 2 aliphatic rings. The van der Waals surface area contributed by atoms with Crippen molar-refractivity contribution in [2.24, 2.45) is 5.16 Å². The Balaban J connectivity index is 1.32. The molecule has 0 radical (unpaired) electrons. The number of allylic oxidation sites excluding steroid dienone is 1. The van der Waals surface area contributed by atoms with Gasteiger partial charge in [0.05, 0.1) is 32.7 Å². The number of methoxy groups -OCH3 is 1. The number of pyridine rings is 1. The molecular weight excluding hydrogens is 660 g/mol. The average molecular weight is 682 g/mol. The van der Waals surface area contributed by atoms with Gasteiger partial charge >= 0.3 is 0 Å². The number of amides is 1. The van der Waals surface area contributed by atoms with Gasteiger partial charge in [-0.3, -0.25) is 9.59 Å². The lowest BCUT2D eigenvalue weighted by atomic mass is 9.87. The summed E-state index contributed by atoms with van der Waals surface area (Å²) in [5, 5.41) is 48.1. The molecule has 3 aromatic rings. The van der Waals surface area contributed by atoms with E-state index in [4.69, 9.17) is 15.3 Å². The Morgan fingerprint density at radius 2 is 2.08 bits per heavy atom. The van der Waals surface area contributed by atoms with Crippen LogP contribution < -0.4 is 16.5 Å². The summed E-state index contributed by atoms with van der Waals surface area (Å²) < 4.78 is 6.12. The summed E-state index contributed by atoms with van der Waals surface area (Å²) in [6, 6.07) is 1.20. The van der Waals surface area contributed by atoms with E-state index in [0.29, 0.717) is 20.4 Å². The number of rotatable bonds is 6. The highest BCUT2D eigenvalue weighted by molar-refractivity contribution is 9.12. The van der Waals surface area contributed by atoms with Crippen molar-refractivity contribution in [3.05, 3.63) is 49.0 Å². The van der Waals surface area contributed by atoms with E-state index in [9.17, 15) is 30.0 Å². The first kappa shape index (κ1) is 27.5. The van der Waals surface area contributed by atoms with Gasteiger partial charge in [0.2, 0.25) is 5.43 Å². The second-order valence-electron chi connectivity index (χ2n) is 9.04. The molecule has 1 aliphatic carbocycles. The first-order chi connectivity index (χ1) is 19.0. The lowest BCUT2D eigenvalue weighted by molar-refractivity contribution is -0.114. The Bertz CT molecular complexity index is 1710. The topological polar surface area (TPSA) is 228 Å². The van der Waals surface area contributed by atoms with Crippen molar-refractivity contribution in [1.82, 2.24) is 20.3 Å². The van der Waals surface area contributed by atoms with Crippen molar-refractivity contribution in [2.75, 3.05) is 19.4 Å². The van der Waals surface area contributed by atoms with E-state index in [-0.39, 0.29) is 59.0 Å². The largest absolute Gasteiger partial charge is 0.506 e. The molecule has 3 heterocycles. The molecule has 1 spiro atoms. The Morgan fingerprint density at radius 3 is 2.80 bits per heavy atom. The number of fused-ring (bicyclic) bond motifs is 1. The summed E-state index contributed by atoms with van der Waals surface area (Å²) in [4.78, 5) is 40.4. The first-order valence-corrected chi connectivity index (χ1v) is 13.2. The zero-order valence-electron chi connectivity index (χ0n) is 20.6. The molecule has 0 bridgehead atoms. The number of anilines is 1. The van der Waals surface area contributed by atoms with Crippen LogP contribution in [0, 0.1) is 0 Å². The van der Waals surface area contributed by atoms with Gasteiger partial charge in [-0.05, 0) is 44.0 Å². The lowest BCUT2D eigenvalue weighted by Crippen LogP contribution is -2.45. The molecule has 14 nitrogen and oxygen atoms in total. The summed E-state index contributed by atoms with van der Waals surface area (Å²) in [5.74, 6) is -1.68. The Labute approximate surface area is 241 Å². The van der Waals surface area contributed by atoms with Gasteiger partial charge < -0.3 is 51.0 Å². The fraction of sp³-hybridized carbons (Fsp3) is 0.250. The van der Waals surface area contributed by atoms with E-state index in [1.165, 1.54) is 13.2 Å². The number of phenols is 2. The predicted octanol–water partition coefficient (Wildman–Crippen LogP) is 1.70. The molecule has 5 rings (SSSR count). The number of hydrogen-bond donors (Lipinski definition) is 8. The number of imidazole rings is 1. The fourth-order valence-corrected chi connectivity index (χ4v) is 6.39. The van der Waals surface area contributed by atoms with Gasteiger partial charge in [0.1, 0.15) is 29.1 Å². The van der Waals surface area contributed by atoms with Crippen molar-refractivity contribution < 1.29 is 34.8 Å². The number of oxime groups is 1. The molecular formula is C24H22Br2N6O8. The normalized spacial score (nSPS) is 20.4. The number of benzene rings is 1. The third-order valence-corrected chi connectivity index (χ3v) is 7.93. The predicted molar refractivity (Wildman–Crippen MR) is 150 cm³/mol. The highest BCUT2D eigenvalue weighted by Gasteiger charge is 2.50. The van der Waals surface area contributed by atoms with Crippen molar-refractivity contribution in [3.8, 4) is 28.5 Å². The minimum Gasteiger partial charge on any atom is -0.506 e. The Hall–Kier alpha value is -4.02. The number of nitrogens with zero attached hydrogens (tertiary/aromatic N) is 2. The number of nitrogens with two attached hydrogens (primary N) is 1. The maximum atomic E-state index is 12.9. The van der Waals surface area contributed by atoms with Gasteiger partial charge in [0.15, 0.2) is 17.3 Å². The summed E-state index contributed by atoms with van der Waals surface area (Å²) in [6.07, 6.45) is 1.55. The zero-order valence-corrected chi connectivity index (χ0v) is 23.8. The van der Waals surface area contributed by atoms with Crippen LogP contribution in [0.1, 0.15) is 12.1 Å². The zero-order chi connectivity index (χ0) is 28.9. The van der Waals surface area contributed by atoms with Gasteiger partial charge in [-0.25, -0.2) is 4.98 Å². The number of nitrogens with one attached hydrogen (secondary N) is 3. The Kier molecular flexibility index (Phi) is 7.01. The molecule has 1 amide bonds. The number of aromatic nitrogens is 3. The number of aliphatic hydroxyl groups excluding tert-OH is 1. The van der Waals surface area contributed by atoms with Crippen LogP contribution in [0.2, 0.25) is 0 Å². The second kappa shape index (κ2) is 10.2. The molecule has 210 valence electrons. The van der Waals surface area contributed by atoms with Crippen molar-refractivity contribution in [1.29, 1.82) is 0 Å². The summed E-state index contributed by atoms with van der Waals surface area (Å²) in [7, 11) is 1.45. The van der Waals surface area contributed by atoms with Crippen LogP contribution in [0.3, 0.4) is 0 Å². The first-order valence-electron chi connectivity index (χ1n) is 11.6. The molecule has 0 saturated heterocycles. The number of aromatic hydroxyl groups is 3. The molecule has 0 unspecified atom stereocenters. The van der Waals surface area contributed by atoms with Crippen LogP contribution in [-0.2, 0) is 20.8 Å². The quantitative estimate of drug-likeness (QED) is 0.176. The Morgan fingerprint density at radius 1 is 1.32 bits per heavy atom. The highest BCUT2D eigenvalue weighted by Crippen LogP contribution is 2.44. The molecule has 9 N–H and O–H groups in total. The SMILES string of the molecule is COC1=C(Br)[C@H](O)[C@]2(C=C1Br)CC(C(=O)NCCc1[nH]c(N)nc1-c1cc(O)c3[nH]cc(O)c(=O)c3c1O)=NO2. The number of nitrogen functional groups attached to an aromatic ring is 1. The van der Waals surface area contributed by atoms with Gasteiger partial charge in [0, 0.05) is 36.8 Å². The molecule has 0 fully saturated rings. The summed E-state index contributed by atoms with van der Waals surface area (Å²) in [6.45, 7) is 0.0701. The van der Waals surface area contributed by atoms with E-state index in [0.717, 1.165) is 6.20 Å². The molecule has 40 heavy (non-hydrogen) atoms. The molecule has 2 atom stereocenters. The number of hydrogen-bond acceptors (Lipinski definition) is 11. The number of phenolic OH excluding ortho intramolecular Hbond substituents is 2. The molecule has 0 saturated carbocycles. The standard InChI is InChI=1S/C24H22Br2N6O8/c1-39-20-9(25)5-24(21(37)15(20)26)6-11(32-40-24)22(38)28-3-2-10-16(31-23(27)30-10)8-4-12(33)17-14(18(8)35)19(36)13(34)7-29-17/h4-5,7,21,33-35,37H,2-3,6H2,1H3,(H,28,38)(H,29,36)(H3,27,30,31)/t21-,24-/m0/s1. The van der Waals surface area contributed by atoms with Crippen LogP contribution in [0.4, 0.5) is 5.95 Å². The number of H-pyrrole nitrogens is 2. The maximum Gasteiger partial charge on any atom is 0.269 e. The summed E-state index contributed by atoms with van der Waals surface area (Å²) in [5.41, 5.74) is 4.16. The lowest BCUT2D eigenvalue weighted by Gasteiger charge is -2.33. The van der Waals surface area contributed by atoms with Gasteiger partial charge in [0.25, 0.3) is 5.91 Å². The van der Waals surface area contributed by atoms with Crippen LogP contribution in [0.25, 0.3) is 22.2 Å². The average Bonchev–Trinajstić information content (AvgIpc) is 3.50. The van der Waals surface area contributed by atoms with Gasteiger partial charge in [-0.2, -0.15) is 0 Å². The molecule has 1 aliphatic heterocycles.